The summed E-state index contributed by atoms with van der Waals surface area (Å²) >= 11 is 0. The summed E-state index contributed by atoms with van der Waals surface area (Å²) in [6.07, 6.45) is 8.15. The number of carbonyl (C=O) groups is 2. The van der Waals surface area contributed by atoms with E-state index >= 15 is 0 Å². The predicted molar refractivity (Wildman–Crippen MR) is 156 cm³/mol. The van der Waals surface area contributed by atoms with Crippen LogP contribution in [0.1, 0.15) is 56.1 Å². The number of pyridine rings is 1. The van der Waals surface area contributed by atoms with Gasteiger partial charge in [0.1, 0.15) is 12.7 Å². The molecule has 0 aliphatic carbocycles. The number of amides is 1. The number of para-hydroxylation sites is 1. The summed E-state index contributed by atoms with van der Waals surface area (Å²) in [5.41, 5.74) is 2.75. The molecule has 0 unspecified atom stereocenters. The molecule has 2 aliphatic heterocycles. The lowest BCUT2D eigenvalue weighted by Crippen LogP contribution is -2.45. The summed E-state index contributed by atoms with van der Waals surface area (Å²) in [6.45, 7) is 3.05. The van der Waals surface area contributed by atoms with Crippen LogP contribution in [0.2, 0.25) is 0 Å². The number of aryl methyl sites for hydroxylation is 1. The zero-order valence-electron chi connectivity index (χ0n) is 23.7. The number of hydrogen-bond acceptors (Lipinski definition) is 7. The van der Waals surface area contributed by atoms with Gasteiger partial charge in [0.2, 0.25) is 5.91 Å². The lowest BCUT2D eigenvalue weighted by Gasteiger charge is -2.40. The van der Waals surface area contributed by atoms with E-state index in [0.29, 0.717) is 45.2 Å². The highest BCUT2D eigenvalue weighted by atomic mass is 16.5. The van der Waals surface area contributed by atoms with Crippen LogP contribution in [0.5, 0.6) is 0 Å². The van der Waals surface area contributed by atoms with Crippen LogP contribution >= 0.6 is 0 Å². The first-order valence-electron chi connectivity index (χ1n) is 14.9. The van der Waals surface area contributed by atoms with Gasteiger partial charge in [0.25, 0.3) is 0 Å². The van der Waals surface area contributed by atoms with Crippen molar-refractivity contribution in [3.63, 3.8) is 0 Å². The maximum absolute atomic E-state index is 13.4. The molecule has 2 aromatic heterocycles. The van der Waals surface area contributed by atoms with Gasteiger partial charge >= 0.3 is 5.97 Å². The van der Waals surface area contributed by atoms with E-state index in [1.807, 2.05) is 41.4 Å². The number of fused-ring (bicyclic) bond motifs is 1. The second kappa shape index (κ2) is 13.6. The van der Waals surface area contributed by atoms with E-state index in [4.69, 9.17) is 4.74 Å². The fraction of sp³-hybridized carbons (Fsp3) is 0.531. The van der Waals surface area contributed by atoms with Gasteiger partial charge in [0.05, 0.1) is 11.5 Å². The maximum Gasteiger partial charge on any atom is 0.312 e. The van der Waals surface area contributed by atoms with E-state index in [0.717, 1.165) is 48.9 Å². The average molecular weight is 563 g/mol. The first-order valence-corrected chi connectivity index (χ1v) is 14.9. The van der Waals surface area contributed by atoms with Crippen LogP contribution in [-0.2, 0) is 27.3 Å². The van der Waals surface area contributed by atoms with Crippen molar-refractivity contribution in [2.24, 2.45) is 5.41 Å². The van der Waals surface area contributed by atoms with Crippen molar-refractivity contribution in [3.05, 3.63) is 66.1 Å². The number of aromatic amines is 1. The molecule has 0 bridgehead atoms. The van der Waals surface area contributed by atoms with Crippen molar-refractivity contribution in [2.45, 2.75) is 70.1 Å². The zero-order valence-corrected chi connectivity index (χ0v) is 23.7. The molecule has 2 saturated heterocycles. The largest absolute Gasteiger partial charge is 0.462 e. The molecule has 2 atom stereocenters. The first-order chi connectivity index (χ1) is 19.9. The minimum Gasteiger partial charge on any atom is -0.462 e. The second-order valence-electron chi connectivity index (χ2n) is 11.6. The third kappa shape index (κ3) is 7.33. The van der Waals surface area contributed by atoms with Crippen molar-refractivity contribution in [2.75, 3.05) is 32.8 Å². The molecule has 0 saturated carbocycles. The lowest BCUT2D eigenvalue weighted by atomic mass is 9.74. The van der Waals surface area contributed by atoms with Gasteiger partial charge in [0.15, 0.2) is 0 Å². The van der Waals surface area contributed by atoms with Crippen LogP contribution < -0.4 is 0 Å². The number of cyclic esters (lactones) is 1. The molecule has 3 aromatic rings. The van der Waals surface area contributed by atoms with Gasteiger partial charge in [-0.3, -0.25) is 19.5 Å². The van der Waals surface area contributed by atoms with E-state index < -0.39 is 17.6 Å². The van der Waals surface area contributed by atoms with Gasteiger partial charge in [-0.25, -0.2) is 0 Å². The van der Waals surface area contributed by atoms with E-state index in [-0.39, 0.29) is 24.9 Å². The summed E-state index contributed by atoms with van der Waals surface area (Å²) < 4.78 is 5.62. The third-order valence-electron chi connectivity index (χ3n) is 8.90. The van der Waals surface area contributed by atoms with Gasteiger partial charge in [-0.05, 0) is 80.9 Å². The number of carbonyl (C=O) groups excluding carboxylic acids is 2. The Morgan fingerprint density at radius 1 is 1.00 bits per heavy atom. The Bertz CT molecular complexity index is 1290. The van der Waals surface area contributed by atoms with Crippen molar-refractivity contribution >= 4 is 22.8 Å². The number of aliphatic hydroxyl groups excluding tert-OH is 2. The van der Waals surface area contributed by atoms with Crippen LogP contribution in [0, 0.1) is 5.41 Å². The van der Waals surface area contributed by atoms with E-state index in [1.54, 1.807) is 12.4 Å². The topological polar surface area (TPSA) is 119 Å². The van der Waals surface area contributed by atoms with Crippen LogP contribution in [0.4, 0.5) is 0 Å². The number of nitrogens with one attached hydrogen (secondary N) is 1. The van der Waals surface area contributed by atoms with Crippen LogP contribution in [0.25, 0.3) is 10.9 Å². The van der Waals surface area contributed by atoms with Gasteiger partial charge in [-0.15, -0.1) is 0 Å². The monoisotopic (exact) mass is 562 g/mol. The molecule has 5 rings (SSSR count). The van der Waals surface area contributed by atoms with Crippen LogP contribution in [0.3, 0.4) is 0 Å². The highest BCUT2D eigenvalue weighted by molar-refractivity contribution is 5.84. The molecule has 9 nitrogen and oxygen atoms in total. The fourth-order valence-electron chi connectivity index (χ4n) is 6.21. The van der Waals surface area contributed by atoms with Gasteiger partial charge in [-0.2, -0.15) is 0 Å². The van der Waals surface area contributed by atoms with Gasteiger partial charge in [-0.1, -0.05) is 24.6 Å². The summed E-state index contributed by atoms with van der Waals surface area (Å²) in [4.78, 5) is 38.2. The van der Waals surface area contributed by atoms with Crippen LogP contribution in [-0.4, -0.2) is 86.9 Å². The number of esters is 1. The smallest absolute Gasteiger partial charge is 0.312 e. The lowest BCUT2D eigenvalue weighted by molar-refractivity contribution is -0.165. The normalized spacial score (nSPS) is 23.0. The molecule has 4 heterocycles. The molecule has 2 aliphatic rings. The summed E-state index contributed by atoms with van der Waals surface area (Å²) in [7, 11) is 0. The number of benzene rings is 1. The molecular weight excluding hydrogens is 520 g/mol. The molecule has 1 amide bonds. The highest BCUT2D eigenvalue weighted by Gasteiger charge is 2.42. The summed E-state index contributed by atoms with van der Waals surface area (Å²) in [5.74, 6) is -0.239. The average Bonchev–Trinajstić information content (AvgIpc) is 3.42. The molecule has 1 aromatic carbocycles. The minimum atomic E-state index is -1.19. The Morgan fingerprint density at radius 2 is 1.78 bits per heavy atom. The number of rotatable bonds is 5. The standard InChI is InChI=1S/C32H42N4O5/c37-28-11-18-36(30(39)8-7-25-21-34-27-6-2-1-5-26(25)27)17-4-3-12-32(31(40)41-23-29(28)38)13-19-35(20-14-32)22-24-9-15-33-16-10-24/h1-2,5-6,9-10,15-16,21,28-29,34,37-38H,3-4,7-8,11-14,17-20,22-23H2/t28-,29+/m0/s1. The number of H-pyrrole nitrogens is 1. The number of likely N-dealkylation sites (tertiary alicyclic amines) is 1. The van der Waals surface area contributed by atoms with Crippen molar-refractivity contribution < 1.29 is 24.5 Å². The molecule has 1 spiro atoms. The van der Waals surface area contributed by atoms with Crippen LogP contribution in [0.15, 0.2) is 55.0 Å². The summed E-state index contributed by atoms with van der Waals surface area (Å²) in [5, 5.41) is 22.3. The van der Waals surface area contributed by atoms with E-state index in [1.165, 1.54) is 5.56 Å². The Kier molecular flexibility index (Phi) is 9.69. The number of piperidine rings is 1. The minimum absolute atomic E-state index is 0.0401. The molecule has 3 N–H and O–H groups in total. The number of aromatic nitrogens is 2. The third-order valence-corrected chi connectivity index (χ3v) is 8.90. The predicted octanol–water partition coefficient (Wildman–Crippen LogP) is 3.45. The Hall–Kier alpha value is -3.27. The van der Waals surface area contributed by atoms with Gasteiger partial charge < -0.3 is 24.8 Å². The SMILES string of the molecule is O=C(CCc1c[nH]c2ccccc12)N1CCCCC2(CCN(Cc3ccncc3)CC2)C(=O)OC[C@@H](O)[C@@H](O)CC1. The number of nitrogens with zero attached hydrogens (tertiary/aromatic N) is 3. The van der Waals surface area contributed by atoms with Crippen molar-refractivity contribution in [3.8, 4) is 0 Å². The van der Waals surface area contributed by atoms with E-state index in [9.17, 15) is 19.8 Å². The number of ether oxygens (including phenoxy) is 1. The van der Waals surface area contributed by atoms with Gasteiger partial charge in [0, 0.05) is 55.5 Å². The quantitative estimate of drug-likeness (QED) is 0.408. The second-order valence-corrected chi connectivity index (χ2v) is 11.6. The fourth-order valence-corrected chi connectivity index (χ4v) is 6.21. The molecular formula is C32H42N4O5. The number of hydrogen-bond donors (Lipinski definition) is 3. The molecule has 220 valence electrons. The van der Waals surface area contributed by atoms with E-state index in [2.05, 4.69) is 20.9 Å². The highest BCUT2D eigenvalue weighted by Crippen LogP contribution is 2.38. The maximum atomic E-state index is 13.4. The molecule has 41 heavy (non-hydrogen) atoms. The molecule has 2 fully saturated rings. The summed E-state index contributed by atoms with van der Waals surface area (Å²) in [6, 6.07) is 12.1. The Morgan fingerprint density at radius 3 is 2.59 bits per heavy atom. The molecule has 0 radical (unpaired) electrons. The Labute approximate surface area is 241 Å². The van der Waals surface area contributed by atoms with Crippen molar-refractivity contribution in [1.82, 2.24) is 19.8 Å². The Balaban J connectivity index is 1.21. The number of aliphatic hydroxyl groups is 2. The molecule has 9 heteroatoms. The zero-order chi connectivity index (χ0) is 28.7. The first kappa shape index (κ1) is 29.2. The van der Waals surface area contributed by atoms with Crippen molar-refractivity contribution in [1.29, 1.82) is 0 Å².